The molecule has 0 radical (unpaired) electrons. The lowest BCUT2D eigenvalue weighted by molar-refractivity contribution is -0.139. The first-order valence-electron chi connectivity index (χ1n) is 6.30. The molecule has 0 unspecified atom stereocenters. The Kier molecular flexibility index (Phi) is 8.04. The molecule has 1 atom stereocenters. The standard InChI is InChI=1S/C11H22N2O6S2/c1-11(2,3)19-10(16)13-8(9(14)15)6-4-5-7-20-21(12,17)18/h8H,4-7H2,1-3H3,(H,13,16)(H,14,15)(H2,12,17,18)/t8-/m0/s1. The molecule has 10 heteroatoms. The van der Waals surface area contributed by atoms with E-state index in [-0.39, 0.29) is 12.2 Å². The minimum atomic E-state index is -3.57. The number of carboxylic acid groups (broad SMARTS) is 1. The van der Waals surface area contributed by atoms with Crippen molar-refractivity contribution < 1.29 is 27.9 Å². The molecule has 0 saturated heterocycles. The first kappa shape index (κ1) is 20.0. The summed E-state index contributed by atoms with van der Waals surface area (Å²) in [5.74, 6) is -0.891. The second-order valence-corrected chi connectivity index (χ2v) is 9.08. The Morgan fingerprint density at radius 3 is 2.33 bits per heavy atom. The Hall–Kier alpha value is -1.00. The summed E-state index contributed by atoms with van der Waals surface area (Å²) in [6.07, 6.45) is 0.296. The number of carbonyl (C=O) groups is 2. The van der Waals surface area contributed by atoms with Crippen LogP contribution in [0.15, 0.2) is 0 Å². The van der Waals surface area contributed by atoms with E-state index < -0.39 is 32.8 Å². The third-order valence-electron chi connectivity index (χ3n) is 2.12. The van der Waals surface area contributed by atoms with Crippen molar-refractivity contribution in [2.24, 2.45) is 5.14 Å². The van der Waals surface area contributed by atoms with Crippen LogP contribution in [0.4, 0.5) is 4.79 Å². The Balaban J connectivity index is 4.15. The number of unbranched alkanes of at least 4 members (excludes halogenated alkanes) is 1. The molecule has 0 spiro atoms. The molecule has 0 bridgehead atoms. The van der Waals surface area contributed by atoms with Crippen molar-refractivity contribution in [2.75, 3.05) is 5.75 Å². The van der Waals surface area contributed by atoms with E-state index >= 15 is 0 Å². The van der Waals surface area contributed by atoms with Crippen molar-refractivity contribution in [3.8, 4) is 0 Å². The zero-order valence-electron chi connectivity index (χ0n) is 12.3. The van der Waals surface area contributed by atoms with Gasteiger partial charge in [0.2, 0.25) is 0 Å². The van der Waals surface area contributed by atoms with E-state index in [1.807, 2.05) is 0 Å². The van der Waals surface area contributed by atoms with Crippen LogP contribution in [0, 0.1) is 0 Å². The zero-order chi connectivity index (χ0) is 16.7. The lowest BCUT2D eigenvalue weighted by atomic mass is 10.1. The molecule has 0 fully saturated rings. The highest BCUT2D eigenvalue weighted by atomic mass is 33.1. The molecule has 0 aliphatic rings. The molecular weight excluding hydrogens is 320 g/mol. The first-order chi connectivity index (χ1) is 9.41. The SMILES string of the molecule is CC(C)(C)OC(=O)N[C@@H](CCCCSS(N)(=O)=O)C(=O)O. The van der Waals surface area contributed by atoms with E-state index in [4.69, 9.17) is 15.0 Å². The van der Waals surface area contributed by atoms with Crippen LogP contribution >= 0.6 is 10.8 Å². The second kappa shape index (κ2) is 8.44. The van der Waals surface area contributed by atoms with Gasteiger partial charge in [-0.15, -0.1) is 0 Å². The van der Waals surface area contributed by atoms with Crippen molar-refractivity contribution in [1.29, 1.82) is 0 Å². The number of amides is 1. The normalized spacial score (nSPS) is 13.5. The van der Waals surface area contributed by atoms with Gasteiger partial charge in [0.25, 0.3) is 9.06 Å². The summed E-state index contributed by atoms with van der Waals surface area (Å²) >= 11 is 0. The van der Waals surface area contributed by atoms with Crippen molar-refractivity contribution >= 4 is 31.9 Å². The summed E-state index contributed by atoms with van der Waals surface area (Å²) in [4.78, 5) is 22.5. The zero-order valence-corrected chi connectivity index (χ0v) is 13.9. The lowest BCUT2D eigenvalue weighted by Crippen LogP contribution is -2.43. The van der Waals surface area contributed by atoms with Crippen LogP contribution in [0.1, 0.15) is 40.0 Å². The van der Waals surface area contributed by atoms with Crippen molar-refractivity contribution in [2.45, 2.75) is 51.7 Å². The summed E-state index contributed by atoms with van der Waals surface area (Å²) in [6.45, 7) is 5.02. The summed E-state index contributed by atoms with van der Waals surface area (Å²) < 4.78 is 26.4. The fourth-order valence-corrected chi connectivity index (χ4v) is 2.94. The Labute approximate surface area is 128 Å². The van der Waals surface area contributed by atoms with Crippen LogP contribution in [-0.2, 0) is 18.6 Å². The molecule has 0 aromatic heterocycles. The molecule has 0 rings (SSSR count). The molecule has 0 aromatic carbocycles. The van der Waals surface area contributed by atoms with Gasteiger partial charge in [0.15, 0.2) is 0 Å². The maximum Gasteiger partial charge on any atom is 0.408 e. The average molecular weight is 342 g/mol. The number of nitrogens with one attached hydrogen (secondary N) is 1. The highest BCUT2D eigenvalue weighted by Crippen LogP contribution is 2.12. The molecule has 8 nitrogen and oxygen atoms in total. The van der Waals surface area contributed by atoms with Gasteiger partial charge < -0.3 is 15.2 Å². The van der Waals surface area contributed by atoms with Crippen LogP contribution in [0.5, 0.6) is 0 Å². The predicted octanol–water partition coefficient (Wildman–Crippen LogP) is 1.07. The molecule has 0 aliphatic heterocycles. The van der Waals surface area contributed by atoms with Gasteiger partial charge in [-0.1, -0.05) is 0 Å². The molecule has 21 heavy (non-hydrogen) atoms. The lowest BCUT2D eigenvalue weighted by Gasteiger charge is -2.22. The number of carboxylic acids is 1. The van der Waals surface area contributed by atoms with Gasteiger partial charge in [-0.2, -0.15) is 0 Å². The molecule has 1 amide bonds. The molecule has 0 saturated carbocycles. The van der Waals surface area contributed by atoms with E-state index in [1.54, 1.807) is 20.8 Å². The fourth-order valence-electron chi connectivity index (χ4n) is 1.33. The topological polar surface area (TPSA) is 136 Å². The molecule has 4 N–H and O–H groups in total. The van der Waals surface area contributed by atoms with Crippen LogP contribution in [0.2, 0.25) is 0 Å². The van der Waals surface area contributed by atoms with Gasteiger partial charge in [0, 0.05) is 5.75 Å². The minimum Gasteiger partial charge on any atom is -0.480 e. The van der Waals surface area contributed by atoms with Gasteiger partial charge in [-0.3, -0.25) is 0 Å². The van der Waals surface area contributed by atoms with Crippen molar-refractivity contribution in [1.82, 2.24) is 5.32 Å². The molecular formula is C11H22N2O6S2. The quantitative estimate of drug-likeness (QED) is 0.443. The monoisotopic (exact) mass is 342 g/mol. The molecule has 124 valence electrons. The number of carbonyl (C=O) groups excluding carboxylic acids is 1. The second-order valence-electron chi connectivity index (χ2n) is 5.35. The van der Waals surface area contributed by atoms with Gasteiger partial charge in [0.1, 0.15) is 11.6 Å². The number of ether oxygens (including phenoxy) is 1. The largest absolute Gasteiger partial charge is 0.480 e. The first-order valence-corrected chi connectivity index (χ1v) is 9.35. The van der Waals surface area contributed by atoms with E-state index in [0.717, 1.165) is 0 Å². The number of alkyl carbamates (subject to hydrolysis) is 1. The molecule has 0 heterocycles. The Morgan fingerprint density at radius 2 is 1.90 bits per heavy atom. The van der Waals surface area contributed by atoms with E-state index in [0.29, 0.717) is 23.6 Å². The minimum absolute atomic E-state index is 0.180. The maximum absolute atomic E-state index is 11.5. The number of hydrogen-bond acceptors (Lipinski definition) is 6. The van der Waals surface area contributed by atoms with Crippen molar-refractivity contribution in [3.63, 3.8) is 0 Å². The summed E-state index contributed by atoms with van der Waals surface area (Å²) in [7, 11) is -2.96. The van der Waals surface area contributed by atoms with Crippen molar-refractivity contribution in [3.05, 3.63) is 0 Å². The Morgan fingerprint density at radius 1 is 1.33 bits per heavy atom. The predicted molar refractivity (Wildman–Crippen MR) is 80.2 cm³/mol. The van der Waals surface area contributed by atoms with Gasteiger partial charge in [0.05, 0.1) is 0 Å². The van der Waals surface area contributed by atoms with Crippen LogP contribution in [0.25, 0.3) is 0 Å². The van der Waals surface area contributed by atoms with Gasteiger partial charge in [-0.05, 0) is 50.8 Å². The third kappa shape index (κ3) is 12.5. The highest BCUT2D eigenvalue weighted by molar-refractivity contribution is 8.71. The Bertz CT molecular complexity index is 458. The van der Waals surface area contributed by atoms with E-state index in [2.05, 4.69) is 5.32 Å². The van der Waals surface area contributed by atoms with E-state index in [9.17, 15) is 18.0 Å². The molecule has 0 aliphatic carbocycles. The maximum atomic E-state index is 11.5. The summed E-state index contributed by atoms with van der Waals surface area (Å²) in [6, 6.07) is -1.07. The van der Waals surface area contributed by atoms with Gasteiger partial charge >= 0.3 is 12.1 Å². The van der Waals surface area contributed by atoms with Gasteiger partial charge in [-0.25, -0.2) is 23.1 Å². The molecule has 0 aromatic rings. The fraction of sp³-hybridized carbons (Fsp3) is 0.818. The van der Waals surface area contributed by atoms with Crippen LogP contribution < -0.4 is 10.5 Å². The average Bonchev–Trinajstić information content (AvgIpc) is 2.22. The summed E-state index contributed by atoms with van der Waals surface area (Å²) in [5.41, 5.74) is -0.709. The highest BCUT2D eigenvalue weighted by Gasteiger charge is 2.23. The van der Waals surface area contributed by atoms with E-state index in [1.165, 1.54) is 0 Å². The summed E-state index contributed by atoms with van der Waals surface area (Å²) in [5, 5.41) is 16.1. The van der Waals surface area contributed by atoms with Crippen LogP contribution in [0.3, 0.4) is 0 Å². The van der Waals surface area contributed by atoms with Crippen LogP contribution in [-0.4, -0.2) is 43.0 Å². The number of aliphatic carboxylic acids is 1. The number of rotatable bonds is 8. The number of nitrogens with two attached hydrogens (primary N) is 1. The smallest absolute Gasteiger partial charge is 0.408 e. The number of hydrogen-bond donors (Lipinski definition) is 3. The third-order valence-corrected chi connectivity index (χ3v) is 4.39.